The van der Waals surface area contributed by atoms with Crippen molar-refractivity contribution in [3.05, 3.63) is 42.9 Å². The summed E-state index contributed by atoms with van der Waals surface area (Å²) in [5.41, 5.74) is 3.83. The van der Waals surface area contributed by atoms with Crippen LogP contribution in [0.3, 0.4) is 0 Å². The van der Waals surface area contributed by atoms with Crippen LogP contribution in [0, 0.1) is 0 Å². The largest absolute Gasteiger partial charge is 0.378 e. The van der Waals surface area contributed by atoms with Gasteiger partial charge in [0.25, 0.3) is 0 Å². The van der Waals surface area contributed by atoms with Gasteiger partial charge < -0.3 is 19.5 Å². The second kappa shape index (κ2) is 7.98. The minimum absolute atomic E-state index is 0.0247. The van der Waals surface area contributed by atoms with Gasteiger partial charge >= 0.3 is 0 Å². The third-order valence-corrected chi connectivity index (χ3v) is 4.79. The van der Waals surface area contributed by atoms with E-state index in [2.05, 4.69) is 32.3 Å². The fraction of sp³-hybridized carbons (Fsp3) is 0.381. The highest BCUT2D eigenvalue weighted by atomic mass is 16.5. The summed E-state index contributed by atoms with van der Waals surface area (Å²) in [7, 11) is 0. The highest BCUT2D eigenvalue weighted by Crippen LogP contribution is 2.33. The van der Waals surface area contributed by atoms with E-state index in [1.54, 1.807) is 6.33 Å². The van der Waals surface area contributed by atoms with E-state index in [4.69, 9.17) is 4.74 Å². The Morgan fingerprint density at radius 2 is 1.93 bits per heavy atom. The number of anilines is 1. The molecule has 0 aliphatic carbocycles. The van der Waals surface area contributed by atoms with Crippen molar-refractivity contribution >= 4 is 22.8 Å². The van der Waals surface area contributed by atoms with Crippen molar-refractivity contribution in [3.63, 3.8) is 0 Å². The molecule has 0 spiro atoms. The van der Waals surface area contributed by atoms with Gasteiger partial charge in [-0.25, -0.2) is 9.97 Å². The third kappa shape index (κ3) is 3.71. The average molecular weight is 379 g/mol. The molecule has 4 rings (SSSR count). The molecule has 1 saturated heterocycles. The fourth-order valence-electron chi connectivity index (χ4n) is 3.60. The number of hydrogen-bond donors (Lipinski definition) is 1. The average Bonchev–Trinajstić information content (AvgIpc) is 3.07. The predicted molar refractivity (Wildman–Crippen MR) is 109 cm³/mol. The summed E-state index contributed by atoms with van der Waals surface area (Å²) in [5, 5.41) is 2.97. The molecular formula is C21H25N5O2. The highest BCUT2D eigenvalue weighted by molar-refractivity contribution is 5.99. The van der Waals surface area contributed by atoms with Gasteiger partial charge in [-0.3, -0.25) is 4.79 Å². The number of benzene rings is 1. The molecule has 1 aromatic carbocycles. The standard InChI is InChI=1S/C21H25N5O2/c1-15(2)24-18(27)13-26-12-17(16-6-4-3-5-7-16)19-20(26)21(23-14-22-19)25-8-10-28-11-9-25/h3-7,12,14-15H,8-11,13H2,1-2H3,(H,24,27). The van der Waals surface area contributed by atoms with Crippen molar-refractivity contribution in [2.75, 3.05) is 31.2 Å². The van der Waals surface area contributed by atoms with Gasteiger partial charge in [0.05, 0.1) is 13.2 Å². The van der Waals surface area contributed by atoms with Crippen molar-refractivity contribution < 1.29 is 9.53 Å². The summed E-state index contributed by atoms with van der Waals surface area (Å²) < 4.78 is 7.46. The number of nitrogens with one attached hydrogen (secondary N) is 1. The summed E-state index contributed by atoms with van der Waals surface area (Å²) in [6, 6.07) is 10.2. The Hall–Kier alpha value is -2.93. The van der Waals surface area contributed by atoms with Crippen LogP contribution in [-0.4, -0.2) is 52.8 Å². The first-order chi connectivity index (χ1) is 13.6. The molecule has 1 N–H and O–H groups in total. The maximum Gasteiger partial charge on any atom is 0.240 e. The Balaban J connectivity index is 1.84. The molecule has 0 saturated carbocycles. The monoisotopic (exact) mass is 379 g/mol. The molecule has 1 aliphatic heterocycles. The van der Waals surface area contributed by atoms with Crippen molar-refractivity contribution in [2.45, 2.75) is 26.4 Å². The Kier molecular flexibility index (Phi) is 5.25. The number of ether oxygens (including phenoxy) is 1. The van der Waals surface area contributed by atoms with Gasteiger partial charge in [0, 0.05) is 30.9 Å². The number of carbonyl (C=O) groups is 1. The number of aromatic nitrogens is 3. The zero-order valence-corrected chi connectivity index (χ0v) is 16.3. The van der Waals surface area contributed by atoms with E-state index >= 15 is 0 Å². The smallest absolute Gasteiger partial charge is 0.240 e. The Bertz CT molecular complexity index is 962. The minimum atomic E-state index is -0.0247. The molecule has 3 heterocycles. The molecule has 28 heavy (non-hydrogen) atoms. The lowest BCUT2D eigenvalue weighted by atomic mass is 10.1. The SMILES string of the molecule is CC(C)NC(=O)Cn1cc(-c2ccccc2)c2ncnc(N3CCOCC3)c21. The molecule has 1 fully saturated rings. The molecule has 7 nitrogen and oxygen atoms in total. The van der Waals surface area contributed by atoms with Gasteiger partial charge in [-0.15, -0.1) is 0 Å². The number of carbonyl (C=O) groups excluding carboxylic acids is 1. The molecule has 0 atom stereocenters. The third-order valence-electron chi connectivity index (χ3n) is 4.79. The van der Waals surface area contributed by atoms with Crippen LogP contribution < -0.4 is 10.2 Å². The van der Waals surface area contributed by atoms with Gasteiger partial charge in [0.1, 0.15) is 23.9 Å². The van der Waals surface area contributed by atoms with Crippen LogP contribution in [0.1, 0.15) is 13.8 Å². The number of amides is 1. The maximum absolute atomic E-state index is 12.5. The van der Waals surface area contributed by atoms with E-state index in [1.807, 2.05) is 42.8 Å². The minimum Gasteiger partial charge on any atom is -0.378 e. The summed E-state index contributed by atoms with van der Waals surface area (Å²) in [6.45, 7) is 7.04. The van der Waals surface area contributed by atoms with Crippen LogP contribution in [0.2, 0.25) is 0 Å². The topological polar surface area (TPSA) is 72.3 Å². The van der Waals surface area contributed by atoms with Gasteiger partial charge in [-0.1, -0.05) is 30.3 Å². The van der Waals surface area contributed by atoms with Crippen molar-refractivity contribution in [1.29, 1.82) is 0 Å². The van der Waals surface area contributed by atoms with Crippen LogP contribution in [0.4, 0.5) is 5.82 Å². The van der Waals surface area contributed by atoms with E-state index < -0.39 is 0 Å². The fourth-order valence-corrected chi connectivity index (χ4v) is 3.60. The first-order valence-corrected chi connectivity index (χ1v) is 9.65. The van der Waals surface area contributed by atoms with Crippen LogP contribution >= 0.6 is 0 Å². The van der Waals surface area contributed by atoms with Gasteiger partial charge in [0.15, 0.2) is 5.82 Å². The lowest BCUT2D eigenvalue weighted by Gasteiger charge is -2.28. The summed E-state index contributed by atoms with van der Waals surface area (Å²) in [5.74, 6) is 0.830. The lowest BCUT2D eigenvalue weighted by Crippen LogP contribution is -2.37. The quantitative estimate of drug-likeness (QED) is 0.737. The zero-order valence-electron chi connectivity index (χ0n) is 16.3. The van der Waals surface area contributed by atoms with Crippen molar-refractivity contribution in [2.24, 2.45) is 0 Å². The Labute approximate surface area is 164 Å². The van der Waals surface area contributed by atoms with E-state index in [9.17, 15) is 4.79 Å². The van der Waals surface area contributed by atoms with E-state index in [-0.39, 0.29) is 18.5 Å². The van der Waals surface area contributed by atoms with Crippen LogP contribution in [0.25, 0.3) is 22.2 Å². The summed E-state index contributed by atoms with van der Waals surface area (Å²) in [4.78, 5) is 23.9. The molecule has 7 heteroatoms. The van der Waals surface area contributed by atoms with Crippen LogP contribution in [0.5, 0.6) is 0 Å². The number of nitrogens with zero attached hydrogens (tertiary/aromatic N) is 4. The summed E-state index contributed by atoms with van der Waals surface area (Å²) in [6.07, 6.45) is 3.62. The van der Waals surface area contributed by atoms with E-state index in [1.165, 1.54) is 0 Å². The first-order valence-electron chi connectivity index (χ1n) is 9.65. The normalized spacial score (nSPS) is 14.6. The molecular weight excluding hydrogens is 354 g/mol. The second-order valence-corrected chi connectivity index (χ2v) is 7.25. The Morgan fingerprint density at radius 3 is 2.64 bits per heavy atom. The van der Waals surface area contributed by atoms with Crippen LogP contribution in [-0.2, 0) is 16.1 Å². The molecule has 1 amide bonds. The molecule has 0 radical (unpaired) electrons. The van der Waals surface area contributed by atoms with Gasteiger partial charge in [-0.2, -0.15) is 0 Å². The molecule has 1 aliphatic rings. The highest BCUT2D eigenvalue weighted by Gasteiger charge is 2.22. The lowest BCUT2D eigenvalue weighted by molar-refractivity contribution is -0.122. The Morgan fingerprint density at radius 1 is 1.18 bits per heavy atom. The van der Waals surface area contributed by atoms with Crippen LogP contribution in [0.15, 0.2) is 42.9 Å². The van der Waals surface area contributed by atoms with E-state index in [0.29, 0.717) is 13.2 Å². The van der Waals surface area contributed by atoms with Crippen molar-refractivity contribution in [3.8, 4) is 11.1 Å². The van der Waals surface area contributed by atoms with E-state index in [0.717, 1.165) is 41.1 Å². The molecule has 146 valence electrons. The second-order valence-electron chi connectivity index (χ2n) is 7.25. The van der Waals surface area contributed by atoms with Gasteiger partial charge in [-0.05, 0) is 19.4 Å². The number of rotatable bonds is 5. The van der Waals surface area contributed by atoms with Gasteiger partial charge in [0.2, 0.25) is 5.91 Å². The number of hydrogen-bond acceptors (Lipinski definition) is 5. The van der Waals surface area contributed by atoms with Crippen molar-refractivity contribution in [1.82, 2.24) is 19.9 Å². The molecule has 2 aromatic heterocycles. The molecule has 0 unspecified atom stereocenters. The zero-order chi connectivity index (χ0) is 19.5. The number of morpholine rings is 1. The molecule has 3 aromatic rings. The first kappa shape index (κ1) is 18.4. The molecule has 0 bridgehead atoms. The summed E-state index contributed by atoms with van der Waals surface area (Å²) >= 11 is 0. The number of fused-ring (bicyclic) bond motifs is 1. The predicted octanol–water partition coefficient (Wildman–Crippen LogP) is 2.46. The maximum atomic E-state index is 12.5.